The fourth-order valence-corrected chi connectivity index (χ4v) is 0.844. The molecule has 0 spiro atoms. The van der Waals surface area contributed by atoms with Gasteiger partial charge in [0.05, 0.1) is 12.7 Å². The maximum absolute atomic E-state index is 9.03. The van der Waals surface area contributed by atoms with E-state index in [4.69, 9.17) is 20.1 Å². The van der Waals surface area contributed by atoms with Crippen molar-refractivity contribution in [2.75, 3.05) is 6.61 Å². The lowest BCUT2D eigenvalue weighted by Crippen LogP contribution is -2.34. The Balaban J connectivity index is 2.60. The third-order valence-electron chi connectivity index (χ3n) is 1.47. The zero-order chi connectivity index (χ0) is 7.56. The zero-order valence-electron chi connectivity index (χ0n) is 5.40. The molecule has 1 rings (SSSR count). The summed E-state index contributed by atoms with van der Waals surface area (Å²) in [6, 6.07) is 0. The van der Waals surface area contributed by atoms with Crippen molar-refractivity contribution in [3.8, 4) is 0 Å². The molecule has 4 heteroatoms. The Morgan fingerprint density at radius 1 is 1.50 bits per heavy atom. The Labute approximate surface area is 58.4 Å². The second-order valence-electron chi connectivity index (χ2n) is 2.18. The van der Waals surface area contributed by atoms with Gasteiger partial charge in [0.25, 0.3) is 0 Å². The van der Waals surface area contributed by atoms with Gasteiger partial charge >= 0.3 is 0 Å². The molecule has 2 atom stereocenters. The number of hydrogen-bond acceptors (Lipinski definition) is 4. The predicted molar refractivity (Wildman–Crippen MR) is 33.3 cm³/mol. The Morgan fingerprint density at radius 3 is 2.70 bits per heavy atom. The van der Waals surface area contributed by atoms with Crippen LogP contribution in [0.1, 0.15) is 6.42 Å². The molecule has 1 saturated heterocycles. The van der Waals surface area contributed by atoms with Gasteiger partial charge in [-0.3, -0.25) is 0 Å². The first-order valence-electron chi connectivity index (χ1n) is 3.09. The molecule has 10 heavy (non-hydrogen) atoms. The summed E-state index contributed by atoms with van der Waals surface area (Å²) >= 11 is 0. The molecule has 0 aromatic carbocycles. The van der Waals surface area contributed by atoms with Gasteiger partial charge in [-0.25, -0.2) is 0 Å². The molecule has 2 unspecified atom stereocenters. The lowest BCUT2D eigenvalue weighted by molar-refractivity contribution is -0.0466. The van der Waals surface area contributed by atoms with Gasteiger partial charge < -0.3 is 20.1 Å². The lowest BCUT2D eigenvalue weighted by Gasteiger charge is -2.25. The van der Waals surface area contributed by atoms with Gasteiger partial charge in [0.15, 0.2) is 5.76 Å². The highest BCUT2D eigenvalue weighted by molar-refractivity contribution is 5.00. The van der Waals surface area contributed by atoms with Crippen LogP contribution in [0.4, 0.5) is 0 Å². The quantitative estimate of drug-likeness (QED) is 0.404. The Kier molecular flexibility index (Phi) is 2.13. The Bertz CT molecular complexity index is 143. The maximum atomic E-state index is 9.03. The van der Waals surface area contributed by atoms with Gasteiger partial charge in [-0.1, -0.05) is 0 Å². The molecule has 0 bridgehead atoms. The summed E-state index contributed by atoms with van der Waals surface area (Å²) in [5.41, 5.74) is 0. The van der Waals surface area contributed by atoms with Crippen LogP contribution in [0.5, 0.6) is 0 Å². The van der Waals surface area contributed by atoms with Crippen molar-refractivity contribution in [3.05, 3.63) is 12.0 Å². The molecule has 0 radical (unpaired) electrons. The molecule has 58 valence electrons. The van der Waals surface area contributed by atoms with E-state index in [2.05, 4.69) is 0 Å². The minimum atomic E-state index is -1.07. The molecule has 3 N–H and O–H groups in total. The van der Waals surface area contributed by atoms with Crippen molar-refractivity contribution >= 4 is 0 Å². The summed E-state index contributed by atoms with van der Waals surface area (Å²) in [4.78, 5) is 0. The molecule has 4 nitrogen and oxygen atoms in total. The van der Waals surface area contributed by atoms with Crippen LogP contribution in [-0.2, 0) is 4.74 Å². The van der Waals surface area contributed by atoms with Crippen molar-refractivity contribution < 1.29 is 20.1 Å². The van der Waals surface area contributed by atoms with Crippen molar-refractivity contribution in [1.82, 2.24) is 0 Å². The van der Waals surface area contributed by atoms with Crippen LogP contribution < -0.4 is 0 Å². The third kappa shape index (κ3) is 1.22. The van der Waals surface area contributed by atoms with Crippen LogP contribution in [-0.4, -0.2) is 34.1 Å². The van der Waals surface area contributed by atoms with Gasteiger partial charge in [0, 0.05) is 6.42 Å². The average Bonchev–Trinajstić information content (AvgIpc) is 1.95. The van der Waals surface area contributed by atoms with E-state index in [1.807, 2.05) is 0 Å². The lowest BCUT2D eigenvalue weighted by atomic mass is 10.1. The van der Waals surface area contributed by atoms with Crippen LogP contribution in [0.2, 0.25) is 0 Å². The van der Waals surface area contributed by atoms with Crippen LogP contribution in [0.25, 0.3) is 0 Å². The highest BCUT2D eigenvalue weighted by Crippen LogP contribution is 2.16. The summed E-state index contributed by atoms with van der Waals surface area (Å²) in [7, 11) is 0. The monoisotopic (exact) mass is 146 g/mol. The number of rotatable bonds is 0. The largest absolute Gasteiger partial charge is 0.512 e. The van der Waals surface area contributed by atoms with Gasteiger partial charge in [-0.2, -0.15) is 0 Å². The van der Waals surface area contributed by atoms with Crippen molar-refractivity contribution in [2.45, 2.75) is 18.6 Å². The third-order valence-corrected chi connectivity index (χ3v) is 1.47. The van der Waals surface area contributed by atoms with E-state index in [1.165, 1.54) is 0 Å². The van der Waals surface area contributed by atoms with E-state index in [0.717, 1.165) is 0 Å². The molecule has 0 aromatic heterocycles. The van der Waals surface area contributed by atoms with Crippen molar-refractivity contribution in [2.24, 2.45) is 0 Å². The molecule has 1 fully saturated rings. The Hall–Kier alpha value is -0.740. The summed E-state index contributed by atoms with van der Waals surface area (Å²) in [5, 5.41) is 26.5. The van der Waals surface area contributed by atoms with E-state index >= 15 is 0 Å². The van der Waals surface area contributed by atoms with Crippen LogP contribution in [0.3, 0.4) is 0 Å². The molecule has 0 amide bonds. The second-order valence-corrected chi connectivity index (χ2v) is 2.18. The fraction of sp³-hybridized carbons (Fsp3) is 0.667. The predicted octanol–water partition coefficient (Wildman–Crippen LogP) is -0.472. The van der Waals surface area contributed by atoms with Gasteiger partial charge in [-0.05, 0) is 0 Å². The van der Waals surface area contributed by atoms with Gasteiger partial charge in [0.2, 0.25) is 0 Å². The van der Waals surface area contributed by atoms with Crippen LogP contribution in [0.15, 0.2) is 12.0 Å². The number of aliphatic hydroxyl groups excluding tert-OH is 3. The SMILES string of the molecule is O/C=C1/OCCC(O)C1O. The highest BCUT2D eigenvalue weighted by atomic mass is 16.5. The zero-order valence-corrected chi connectivity index (χ0v) is 5.40. The first kappa shape index (κ1) is 7.37. The number of hydrogen-bond donors (Lipinski definition) is 3. The van der Waals surface area contributed by atoms with Gasteiger partial charge in [0.1, 0.15) is 12.4 Å². The van der Waals surface area contributed by atoms with E-state index in [0.29, 0.717) is 19.3 Å². The fourth-order valence-electron chi connectivity index (χ4n) is 0.844. The number of aliphatic hydroxyl groups is 3. The molecule has 0 saturated carbocycles. The molecular weight excluding hydrogens is 136 g/mol. The Morgan fingerprint density at radius 2 is 2.20 bits per heavy atom. The van der Waals surface area contributed by atoms with Crippen molar-refractivity contribution in [1.29, 1.82) is 0 Å². The summed E-state index contributed by atoms with van der Waals surface area (Å²) in [6.45, 7) is 0.338. The molecule has 1 heterocycles. The van der Waals surface area contributed by atoms with E-state index in [9.17, 15) is 0 Å². The average molecular weight is 146 g/mol. The molecule has 1 aliphatic heterocycles. The minimum absolute atomic E-state index is 0.0405. The first-order chi connectivity index (χ1) is 4.75. The molecule has 1 aliphatic rings. The maximum Gasteiger partial charge on any atom is 0.161 e. The summed E-state index contributed by atoms with van der Waals surface area (Å²) in [5.74, 6) is 0.0405. The standard InChI is InChI=1S/C6H10O4/c7-3-5-6(9)4(8)1-2-10-5/h3-4,6-9H,1-2H2/b5-3+. The molecular formula is C6H10O4. The van der Waals surface area contributed by atoms with E-state index < -0.39 is 12.2 Å². The topological polar surface area (TPSA) is 69.9 Å². The number of ether oxygens (including phenoxy) is 1. The molecule has 0 aromatic rings. The van der Waals surface area contributed by atoms with Gasteiger partial charge in [-0.15, -0.1) is 0 Å². The summed E-state index contributed by atoms with van der Waals surface area (Å²) in [6.07, 6.45) is -0.808. The normalized spacial score (nSPS) is 37.6. The van der Waals surface area contributed by atoms with Crippen LogP contribution in [0, 0.1) is 0 Å². The first-order valence-corrected chi connectivity index (χ1v) is 3.09. The van der Waals surface area contributed by atoms with E-state index in [-0.39, 0.29) is 5.76 Å². The van der Waals surface area contributed by atoms with E-state index in [1.54, 1.807) is 0 Å². The molecule has 0 aliphatic carbocycles. The smallest absolute Gasteiger partial charge is 0.161 e. The second kappa shape index (κ2) is 2.90. The minimum Gasteiger partial charge on any atom is -0.512 e. The summed E-state index contributed by atoms with van der Waals surface area (Å²) < 4.78 is 4.81. The highest BCUT2D eigenvalue weighted by Gasteiger charge is 2.26. The van der Waals surface area contributed by atoms with Crippen LogP contribution >= 0.6 is 0 Å². The van der Waals surface area contributed by atoms with Crippen molar-refractivity contribution in [3.63, 3.8) is 0 Å².